The van der Waals surface area contributed by atoms with Gasteiger partial charge in [-0.3, -0.25) is 14.4 Å². The number of carbonyl (C=O) groups is 3. The van der Waals surface area contributed by atoms with Crippen LogP contribution in [-0.2, 0) is 28.6 Å². The van der Waals surface area contributed by atoms with Gasteiger partial charge in [-0.25, -0.2) is 0 Å². The van der Waals surface area contributed by atoms with Gasteiger partial charge in [-0.1, -0.05) is 326 Å². The van der Waals surface area contributed by atoms with E-state index in [4.69, 9.17) is 14.2 Å². The van der Waals surface area contributed by atoms with Gasteiger partial charge in [0.1, 0.15) is 13.2 Å². The molecule has 0 saturated carbocycles. The lowest BCUT2D eigenvalue weighted by molar-refractivity contribution is -0.167. The van der Waals surface area contributed by atoms with Crippen LogP contribution in [0.3, 0.4) is 0 Å². The molecule has 0 amide bonds. The van der Waals surface area contributed by atoms with Gasteiger partial charge < -0.3 is 14.2 Å². The van der Waals surface area contributed by atoms with Crippen LogP contribution < -0.4 is 0 Å². The predicted octanol–water partition coefficient (Wildman–Crippen LogP) is 25.3. The van der Waals surface area contributed by atoms with Gasteiger partial charge in [-0.2, -0.15) is 0 Å². The van der Waals surface area contributed by atoms with Crippen molar-refractivity contribution in [1.82, 2.24) is 0 Å². The van der Waals surface area contributed by atoms with Crippen molar-refractivity contribution in [3.63, 3.8) is 0 Å². The summed E-state index contributed by atoms with van der Waals surface area (Å²) in [6, 6.07) is 0. The van der Waals surface area contributed by atoms with Gasteiger partial charge in [0.25, 0.3) is 0 Å². The third-order valence-corrected chi connectivity index (χ3v) is 16.5. The number of hydrogen-bond acceptors (Lipinski definition) is 6. The number of carbonyl (C=O) groups excluding carboxylic acids is 3. The molecule has 1 atom stereocenters. The first kappa shape index (κ1) is 79.4. The minimum Gasteiger partial charge on any atom is -0.462 e. The third-order valence-electron chi connectivity index (χ3n) is 16.5. The fraction of sp³-hybridized carbons (Fsp3) is 0.855. The summed E-state index contributed by atoms with van der Waals surface area (Å²) in [4.78, 5) is 38.5. The summed E-state index contributed by atoms with van der Waals surface area (Å²) in [5.41, 5.74) is 0. The Kier molecular flexibility index (Phi) is 68.6. The van der Waals surface area contributed by atoms with Crippen molar-refractivity contribution < 1.29 is 28.6 Å². The van der Waals surface area contributed by atoms with Crippen molar-refractivity contribution in [2.75, 3.05) is 13.2 Å². The Morgan fingerprint density at radius 2 is 0.439 bits per heavy atom. The van der Waals surface area contributed by atoms with E-state index in [0.717, 1.165) is 70.6 Å². The van der Waals surface area contributed by atoms with Crippen LogP contribution in [0.25, 0.3) is 0 Å². The molecule has 0 spiro atoms. The molecule has 0 aliphatic rings. The van der Waals surface area contributed by atoms with E-state index in [0.29, 0.717) is 19.3 Å². The van der Waals surface area contributed by atoms with E-state index < -0.39 is 6.10 Å². The molecule has 0 radical (unpaired) electrons. The third kappa shape index (κ3) is 68.2. The van der Waals surface area contributed by atoms with Gasteiger partial charge in [0.2, 0.25) is 0 Å². The summed E-state index contributed by atoms with van der Waals surface area (Å²) >= 11 is 0. The van der Waals surface area contributed by atoms with Gasteiger partial charge in [0.05, 0.1) is 0 Å². The van der Waals surface area contributed by atoms with E-state index in [2.05, 4.69) is 69.4 Å². The van der Waals surface area contributed by atoms with E-state index in [-0.39, 0.29) is 31.1 Å². The van der Waals surface area contributed by atoms with Crippen LogP contribution in [0, 0.1) is 0 Å². The van der Waals surface area contributed by atoms with Gasteiger partial charge in [0.15, 0.2) is 6.10 Å². The quantitative estimate of drug-likeness (QED) is 0.0261. The maximum Gasteiger partial charge on any atom is 0.306 e. The molecule has 1 unspecified atom stereocenters. The van der Waals surface area contributed by atoms with Gasteiger partial charge >= 0.3 is 17.9 Å². The fourth-order valence-corrected chi connectivity index (χ4v) is 11.0. The summed E-state index contributed by atoms with van der Waals surface area (Å²) in [6.07, 6.45) is 90.0. The largest absolute Gasteiger partial charge is 0.462 e. The average molecular weight is 1150 g/mol. The summed E-state index contributed by atoms with van der Waals surface area (Å²) in [6.45, 7) is 6.68. The Morgan fingerprint density at radius 3 is 0.695 bits per heavy atom. The van der Waals surface area contributed by atoms with Gasteiger partial charge in [0, 0.05) is 19.3 Å². The van der Waals surface area contributed by atoms with E-state index in [1.165, 1.54) is 289 Å². The van der Waals surface area contributed by atoms with Crippen molar-refractivity contribution >= 4 is 17.9 Å². The first-order valence-electron chi connectivity index (χ1n) is 36.6. The van der Waals surface area contributed by atoms with Crippen molar-refractivity contribution in [1.29, 1.82) is 0 Å². The molecule has 0 rings (SSSR count). The van der Waals surface area contributed by atoms with Crippen LogP contribution in [0.2, 0.25) is 0 Å². The standard InChI is InChI=1S/C76H140O6/c1-4-7-10-13-16-19-22-25-28-31-33-34-35-36-37-38-39-40-41-42-43-46-48-51-54-57-60-63-66-69-75(78)81-72-73(71-80-74(77)68-65-62-59-56-53-50-47-44-30-27-24-21-18-15-12-9-6-3)82-76(79)70-67-64-61-58-55-52-49-45-32-29-26-23-20-17-14-11-8-5-2/h20,23,27,29-33,73H,4-19,21-22,24-26,28,34-72H2,1-3H3/b23-20-,30-27-,32-29-,33-31-. The summed E-state index contributed by atoms with van der Waals surface area (Å²) < 4.78 is 17.0. The Balaban J connectivity index is 4.24. The maximum absolute atomic E-state index is 13.0. The molecule has 0 aliphatic heterocycles. The Morgan fingerprint density at radius 1 is 0.244 bits per heavy atom. The monoisotopic (exact) mass is 1150 g/mol. The SMILES string of the molecule is CCCCCC/C=C\C/C=C\CCCCCCCCCC(=O)OC(COC(=O)CCCCCCCCC/C=C\CCCCCCCC)COC(=O)CCCCCCCCCCCCCCCCCCC/C=C\CCCCCCCCCC. The molecular weight excluding hydrogens is 1010 g/mol. The lowest BCUT2D eigenvalue weighted by atomic mass is 10.0. The van der Waals surface area contributed by atoms with E-state index in [1.807, 2.05) is 0 Å². The van der Waals surface area contributed by atoms with Crippen LogP contribution in [0.4, 0.5) is 0 Å². The minimum atomic E-state index is -0.779. The summed E-state index contributed by atoms with van der Waals surface area (Å²) in [7, 11) is 0. The van der Waals surface area contributed by atoms with Crippen molar-refractivity contribution in [3.05, 3.63) is 48.6 Å². The number of ether oxygens (including phenoxy) is 3. The lowest BCUT2D eigenvalue weighted by Crippen LogP contribution is -2.30. The van der Waals surface area contributed by atoms with Crippen LogP contribution in [-0.4, -0.2) is 37.2 Å². The second kappa shape index (κ2) is 70.9. The summed E-state index contributed by atoms with van der Waals surface area (Å²) in [5, 5.41) is 0. The topological polar surface area (TPSA) is 78.9 Å². The van der Waals surface area contributed by atoms with Crippen LogP contribution in [0.1, 0.15) is 400 Å². The second-order valence-corrected chi connectivity index (χ2v) is 24.8. The Labute approximate surface area is 511 Å². The average Bonchev–Trinajstić information content (AvgIpc) is 3.47. The molecule has 6 nitrogen and oxygen atoms in total. The van der Waals surface area contributed by atoms with Gasteiger partial charge in [-0.05, 0) is 103 Å². The molecule has 0 saturated heterocycles. The van der Waals surface area contributed by atoms with Crippen molar-refractivity contribution in [2.45, 2.75) is 406 Å². The molecule has 0 fully saturated rings. The van der Waals surface area contributed by atoms with E-state index >= 15 is 0 Å². The van der Waals surface area contributed by atoms with Crippen LogP contribution >= 0.6 is 0 Å². The zero-order chi connectivity index (χ0) is 59.2. The molecule has 0 heterocycles. The molecule has 6 heteroatoms. The molecule has 480 valence electrons. The highest BCUT2D eigenvalue weighted by Crippen LogP contribution is 2.18. The number of allylic oxidation sites excluding steroid dienone is 8. The summed E-state index contributed by atoms with van der Waals surface area (Å²) in [5.74, 6) is -0.859. The van der Waals surface area contributed by atoms with Crippen molar-refractivity contribution in [2.24, 2.45) is 0 Å². The van der Waals surface area contributed by atoms with Gasteiger partial charge in [-0.15, -0.1) is 0 Å². The highest BCUT2D eigenvalue weighted by molar-refractivity contribution is 5.71. The molecule has 82 heavy (non-hydrogen) atoms. The zero-order valence-electron chi connectivity index (χ0n) is 55.3. The molecule has 0 aromatic heterocycles. The minimum absolute atomic E-state index is 0.0739. The smallest absolute Gasteiger partial charge is 0.306 e. The normalized spacial score (nSPS) is 12.3. The second-order valence-electron chi connectivity index (χ2n) is 24.8. The fourth-order valence-electron chi connectivity index (χ4n) is 11.0. The Hall–Kier alpha value is -2.63. The zero-order valence-corrected chi connectivity index (χ0v) is 55.3. The maximum atomic E-state index is 13.0. The molecule has 0 N–H and O–H groups in total. The molecule has 0 aromatic rings. The highest BCUT2D eigenvalue weighted by atomic mass is 16.6. The first-order valence-corrected chi connectivity index (χ1v) is 36.6. The number of unbranched alkanes of at least 4 members (excludes halogenated alkanes) is 49. The highest BCUT2D eigenvalue weighted by Gasteiger charge is 2.19. The Bertz CT molecular complexity index is 1410. The molecule has 0 aromatic carbocycles. The number of hydrogen-bond donors (Lipinski definition) is 0. The number of rotatable bonds is 68. The van der Waals surface area contributed by atoms with Crippen molar-refractivity contribution in [3.8, 4) is 0 Å². The molecule has 0 bridgehead atoms. The number of esters is 3. The predicted molar refractivity (Wildman–Crippen MR) is 358 cm³/mol. The van der Waals surface area contributed by atoms with Crippen LogP contribution in [0.5, 0.6) is 0 Å². The lowest BCUT2D eigenvalue weighted by Gasteiger charge is -2.18. The molecule has 0 aliphatic carbocycles. The molecular formula is C76H140O6. The first-order chi connectivity index (χ1) is 40.5. The van der Waals surface area contributed by atoms with E-state index in [1.54, 1.807) is 0 Å². The van der Waals surface area contributed by atoms with E-state index in [9.17, 15) is 14.4 Å². The van der Waals surface area contributed by atoms with Crippen LogP contribution in [0.15, 0.2) is 48.6 Å².